The molecular formula is C15H13N3OS. The Morgan fingerprint density at radius 3 is 2.85 bits per heavy atom. The van der Waals surface area contributed by atoms with Crippen molar-refractivity contribution in [1.29, 1.82) is 0 Å². The second-order valence-corrected chi connectivity index (χ2v) is 6.02. The summed E-state index contributed by atoms with van der Waals surface area (Å²) < 4.78 is 5.44. The molecule has 2 N–H and O–H groups in total. The Hall–Kier alpha value is -2.14. The lowest BCUT2D eigenvalue weighted by atomic mass is 10.1. The number of hydrogen-bond donors (Lipinski definition) is 1. The summed E-state index contributed by atoms with van der Waals surface area (Å²) in [5.41, 5.74) is 9.33. The first-order chi connectivity index (χ1) is 9.83. The number of hydrogen-bond acceptors (Lipinski definition) is 5. The number of nitrogens with zero attached hydrogens (tertiary/aromatic N) is 2. The van der Waals surface area contributed by atoms with Gasteiger partial charge in [-0.3, -0.25) is 0 Å². The number of anilines is 1. The lowest BCUT2D eigenvalue weighted by Crippen LogP contribution is -1.88. The molecule has 4 rings (SSSR count). The van der Waals surface area contributed by atoms with Gasteiger partial charge in [0, 0.05) is 10.4 Å². The molecule has 0 saturated heterocycles. The predicted octanol–water partition coefficient (Wildman–Crippen LogP) is 3.54. The minimum absolute atomic E-state index is 0.542. The summed E-state index contributed by atoms with van der Waals surface area (Å²) in [4.78, 5) is 5.88. The molecule has 1 aliphatic rings. The van der Waals surface area contributed by atoms with Crippen LogP contribution < -0.4 is 5.73 Å². The summed E-state index contributed by atoms with van der Waals surface area (Å²) >= 11 is 1.65. The van der Waals surface area contributed by atoms with Crippen LogP contribution >= 0.6 is 11.3 Å². The molecule has 0 bridgehead atoms. The van der Waals surface area contributed by atoms with Crippen LogP contribution in [0.4, 0.5) is 5.00 Å². The highest BCUT2D eigenvalue weighted by Gasteiger charge is 2.25. The van der Waals surface area contributed by atoms with Gasteiger partial charge in [0.2, 0.25) is 5.82 Å². The zero-order valence-corrected chi connectivity index (χ0v) is 11.6. The molecule has 0 aliphatic heterocycles. The van der Waals surface area contributed by atoms with Gasteiger partial charge in [0.15, 0.2) is 0 Å². The van der Waals surface area contributed by atoms with Crippen LogP contribution in [-0.4, -0.2) is 10.1 Å². The first-order valence-electron chi connectivity index (χ1n) is 6.62. The average Bonchev–Trinajstić information content (AvgIpc) is 3.15. The van der Waals surface area contributed by atoms with Crippen LogP contribution in [0, 0.1) is 0 Å². The minimum Gasteiger partial charge on any atom is -0.390 e. The van der Waals surface area contributed by atoms with Crippen LogP contribution in [0.5, 0.6) is 0 Å². The average molecular weight is 283 g/mol. The van der Waals surface area contributed by atoms with E-state index in [2.05, 4.69) is 10.1 Å². The summed E-state index contributed by atoms with van der Waals surface area (Å²) in [6.45, 7) is 0. The van der Waals surface area contributed by atoms with E-state index >= 15 is 0 Å². The number of nitrogens with two attached hydrogens (primary N) is 1. The van der Waals surface area contributed by atoms with Crippen LogP contribution in [0.2, 0.25) is 0 Å². The van der Waals surface area contributed by atoms with Gasteiger partial charge in [-0.05, 0) is 24.8 Å². The van der Waals surface area contributed by atoms with Crippen molar-refractivity contribution >= 4 is 16.3 Å². The highest BCUT2D eigenvalue weighted by Crippen LogP contribution is 2.43. The van der Waals surface area contributed by atoms with E-state index in [-0.39, 0.29) is 0 Å². The Balaban J connectivity index is 1.80. The molecule has 4 nitrogen and oxygen atoms in total. The van der Waals surface area contributed by atoms with E-state index in [1.165, 1.54) is 16.9 Å². The van der Waals surface area contributed by atoms with Crippen LogP contribution in [0.3, 0.4) is 0 Å². The Labute approximate surface area is 120 Å². The lowest BCUT2D eigenvalue weighted by molar-refractivity contribution is 0.432. The van der Waals surface area contributed by atoms with Gasteiger partial charge in [0.05, 0.1) is 10.6 Å². The van der Waals surface area contributed by atoms with E-state index in [1.807, 2.05) is 30.3 Å². The van der Waals surface area contributed by atoms with Crippen molar-refractivity contribution in [1.82, 2.24) is 10.1 Å². The second-order valence-electron chi connectivity index (χ2n) is 4.89. The molecule has 0 fully saturated rings. The van der Waals surface area contributed by atoms with Crippen LogP contribution in [0.1, 0.15) is 16.9 Å². The quantitative estimate of drug-likeness (QED) is 0.781. The van der Waals surface area contributed by atoms with Crippen LogP contribution in [-0.2, 0) is 12.8 Å². The van der Waals surface area contributed by atoms with E-state index in [4.69, 9.17) is 10.3 Å². The maximum absolute atomic E-state index is 6.12. The van der Waals surface area contributed by atoms with Crippen molar-refractivity contribution in [2.45, 2.75) is 19.3 Å². The van der Waals surface area contributed by atoms with Crippen molar-refractivity contribution < 1.29 is 4.52 Å². The molecule has 0 saturated carbocycles. The summed E-state index contributed by atoms with van der Waals surface area (Å²) in [6.07, 6.45) is 3.36. The van der Waals surface area contributed by atoms with Crippen molar-refractivity contribution in [3.05, 3.63) is 40.8 Å². The van der Waals surface area contributed by atoms with Gasteiger partial charge in [-0.25, -0.2) is 0 Å². The number of benzene rings is 1. The molecule has 0 amide bonds. The molecule has 1 aliphatic carbocycles. The van der Waals surface area contributed by atoms with Gasteiger partial charge >= 0.3 is 0 Å². The third-order valence-electron chi connectivity index (χ3n) is 3.62. The highest BCUT2D eigenvalue weighted by atomic mass is 32.1. The first kappa shape index (κ1) is 11.7. The van der Waals surface area contributed by atoms with Gasteiger partial charge in [-0.2, -0.15) is 4.98 Å². The molecule has 20 heavy (non-hydrogen) atoms. The fourth-order valence-corrected chi connectivity index (χ4v) is 3.84. The minimum atomic E-state index is 0.542. The normalized spacial score (nSPS) is 13.6. The number of fused-ring (bicyclic) bond motifs is 1. The van der Waals surface area contributed by atoms with Crippen molar-refractivity contribution in [2.24, 2.45) is 0 Å². The molecule has 0 atom stereocenters. The molecule has 5 heteroatoms. The fraction of sp³-hybridized carbons (Fsp3) is 0.200. The molecule has 2 aromatic heterocycles. The Morgan fingerprint density at radius 2 is 2.00 bits per heavy atom. The summed E-state index contributed by atoms with van der Waals surface area (Å²) in [6, 6.07) is 9.82. The number of thiophene rings is 1. The number of aromatic nitrogens is 2. The van der Waals surface area contributed by atoms with E-state index < -0.39 is 0 Å². The summed E-state index contributed by atoms with van der Waals surface area (Å²) in [5, 5.41) is 4.86. The molecule has 2 heterocycles. The molecular weight excluding hydrogens is 270 g/mol. The van der Waals surface area contributed by atoms with Crippen LogP contribution in [0.15, 0.2) is 34.9 Å². The standard InChI is InChI=1S/C15H13N3OS/c16-13-12(10-7-4-8-11(10)20-13)15-17-14(18-19-15)9-5-2-1-3-6-9/h1-3,5-6H,4,7-8,16H2. The van der Waals surface area contributed by atoms with Gasteiger partial charge in [0.1, 0.15) is 0 Å². The first-order valence-corrected chi connectivity index (χ1v) is 7.44. The highest BCUT2D eigenvalue weighted by molar-refractivity contribution is 7.16. The van der Waals surface area contributed by atoms with Crippen molar-refractivity contribution in [3.8, 4) is 22.8 Å². The van der Waals surface area contributed by atoms with Crippen molar-refractivity contribution in [2.75, 3.05) is 5.73 Å². The molecule has 0 spiro atoms. The van der Waals surface area contributed by atoms with E-state index in [0.717, 1.165) is 29.0 Å². The van der Waals surface area contributed by atoms with Gasteiger partial charge in [-0.1, -0.05) is 35.5 Å². The topological polar surface area (TPSA) is 64.9 Å². The zero-order valence-electron chi connectivity index (χ0n) is 10.8. The van der Waals surface area contributed by atoms with Gasteiger partial charge in [0.25, 0.3) is 5.89 Å². The largest absolute Gasteiger partial charge is 0.390 e. The molecule has 100 valence electrons. The Kier molecular flexibility index (Phi) is 2.60. The van der Waals surface area contributed by atoms with Crippen LogP contribution in [0.25, 0.3) is 22.8 Å². The number of rotatable bonds is 2. The SMILES string of the molecule is Nc1sc2c(c1-c1nc(-c3ccccc3)no1)CCC2. The van der Waals surface area contributed by atoms with E-state index in [0.29, 0.717) is 11.7 Å². The van der Waals surface area contributed by atoms with E-state index in [1.54, 1.807) is 11.3 Å². The Bertz CT molecular complexity index is 761. The molecule has 1 aromatic carbocycles. The van der Waals surface area contributed by atoms with Gasteiger partial charge < -0.3 is 10.3 Å². The fourth-order valence-electron chi connectivity index (χ4n) is 2.69. The lowest BCUT2D eigenvalue weighted by Gasteiger charge is -1.96. The Morgan fingerprint density at radius 1 is 1.15 bits per heavy atom. The third-order valence-corrected chi connectivity index (χ3v) is 4.74. The number of aryl methyl sites for hydroxylation is 1. The number of nitrogen functional groups attached to an aromatic ring is 1. The molecule has 3 aromatic rings. The molecule has 0 radical (unpaired) electrons. The smallest absolute Gasteiger partial charge is 0.261 e. The van der Waals surface area contributed by atoms with E-state index in [9.17, 15) is 0 Å². The van der Waals surface area contributed by atoms with Crippen molar-refractivity contribution in [3.63, 3.8) is 0 Å². The maximum Gasteiger partial charge on any atom is 0.261 e. The second kappa shape index (κ2) is 4.45. The molecule has 0 unspecified atom stereocenters. The monoisotopic (exact) mass is 283 g/mol. The third kappa shape index (κ3) is 1.74. The zero-order chi connectivity index (χ0) is 13.5. The van der Waals surface area contributed by atoms with Gasteiger partial charge in [-0.15, -0.1) is 11.3 Å². The summed E-state index contributed by atoms with van der Waals surface area (Å²) in [5.74, 6) is 1.15. The maximum atomic E-state index is 6.12. The predicted molar refractivity (Wildman–Crippen MR) is 79.5 cm³/mol. The summed E-state index contributed by atoms with van der Waals surface area (Å²) in [7, 11) is 0.